The van der Waals surface area contributed by atoms with Crippen LogP contribution in [0.1, 0.15) is 16.7 Å². The molecule has 0 bridgehead atoms. The lowest BCUT2D eigenvalue weighted by Crippen LogP contribution is -2.37. The third-order valence-corrected chi connectivity index (χ3v) is 6.27. The van der Waals surface area contributed by atoms with E-state index in [4.69, 9.17) is 21.7 Å². The highest BCUT2D eigenvalue weighted by molar-refractivity contribution is 7.80. The highest BCUT2D eigenvalue weighted by Gasteiger charge is 2.18. The van der Waals surface area contributed by atoms with Gasteiger partial charge in [-0.05, 0) is 67.5 Å². The van der Waals surface area contributed by atoms with Crippen molar-refractivity contribution in [1.29, 1.82) is 0 Å². The van der Waals surface area contributed by atoms with Gasteiger partial charge in [0.2, 0.25) is 6.79 Å². The second-order valence-electron chi connectivity index (χ2n) is 8.51. The van der Waals surface area contributed by atoms with Crippen LogP contribution in [-0.2, 0) is 13.0 Å². The molecule has 0 spiro atoms. The Balaban J connectivity index is 1.42. The number of nitrogens with zero attached hydrogens (tertiary/aromatic N) is 1. The van der Waals surface area contributed by atoms with E-state index in [0.717, 1.165) is 11.8 Å². The van der Waals surface area contributed by atoms with E-state index in [1.807, 2.05) is 23.1 Å². The quantitative estimate of drug-likeness (QED) is 0.366. The summed E-state index contributed by atoms with van der Waals surface area (Å²) in [6, 6.07) is 19.8. The summed E-state index contributed by atoms with van der Waals surface area (Å²) in [6.07, 6.45) is 0.747. The SMILES string of the molecule is Cc1cccc(CCN(Cc2cc3cc4c(cc3[nH]c2=O)OCO4)C(=S)Nc2ccc(F)cc2)c1. The first-order valence-corrected chi connectivity index (χ1v) is 11.7. The van der Waals surface area contributed by atoms with E-state index in [1.165, 1.54) is 23.3 Å². The Morgan fingerprint density at radius 3 is 2.63 bits per heavy atom. The number of aromatic nitrogens is 1. The minimum atomic E-state index is -0.318. The molecule has 2 N–H and O–H groups in total. The number of benzene rings is 3. The zero-order valence-corrected chi connectivity index (χ0v) is 20.0. The summed E-state index contributed by atoms with van der Waals surface area (Å²) in [4.78, 5) is 17.8. The van der Waals surface area contributed by atoms with Crippen molar-refractivity contribution in [1.82, 2.24) is 9.88 Å². The number of aryl methyl sites for hydroxylation is 1. The van der Waals surface area contributed by atoms with Crippen LogP contribution < -0.4 is 20.3 Å². The van der Waals surface area contributed by atoms with Gasteiger partial charge in [0.25, 0.3) is 5.56 Å². The molecule has 0 saturated carbocycles. The number of ether oxygens (including phenoxy) is 2. The highest BCUT2D eigenvalue weighted by atomic mass is 32.1. The minimum absolute atomic E-state index is 0.165. The summed E-state index contributed by atoms with van der Waals surface area (Å²) in [6.45, 7) is 3.12. The first-order valence-electron chi connectivity index (χ1n) is 11.3. The Bertz CT molecular complexity index is 1450. The molecule has 5 rings (SSSR count). The van der Waals surface area contributed by atoms with E-state index in [2.05, 4.69) is 35.4 Å². The maximum Gasteiger partial charge on any atom is 0.253 e. The van der Waals surface area contributed by atoms with Gasteiger partial charge in [-0.1, -0.05) is 29.8 Å². The lowest BCUT2D eigenvalue weighted by Gasteiger charge is -2.26. The highest BCUT2D eigenvalue weighted by Crippen LogP contribution is 2.35. The summed E-state index contributed by atoms with van der Waals surface area (Å²) in [5, 5.41) is 4.47. The van der Waals surface area contributed by atoms with E-state index in [9.17, 15) is 9.18 Å². The van der Waals surface area contributed by atoms with Crippen LogP contribution in [0.5, 0.6) is 11.5 Å². The normalized spacial score (nSPS) is 12.1. The van der Waals surface area contributed by atoms with Gasteiger partial charge < -0.3 is 24.7 Å². The van der Waals surface area contributed by atoms with Gasteiger partial charge in [0.05, 0.1) is 12.1 Å². The molecular weight excluding hydrogens is 465 g/mol. The Labute approximate surface area is 207 Å². The topological polar surface area (TPSA) is 66.6 Å². The lowest BCUT2D eigenvalue weighted by molar-refractivity contribution is 0.174. The predicted octanol–water partition coefficient (Wildman–Crippen LogP) is 5.15. The van der Waals surface area contributed by atoms with Crippen LogP contribution in [-0.4, -0.2) is 28.3 Å². The van der Waals surface area contributed by atoms with Gasteiger partial charge in [-0.25, -0.2) is 4.39 Å². The van der Waals surface area contributed by atoms with Crippen molar-refractivity contribution in [2.24, 2.45) is 0 Å². The number of anilines is 1. The van der Waals surface area contributed by atoms with Crippen LogP contribution in [0.2, 0.25) is 0 Å². The molecule has 178 valence electrons. The number of hydrogen-bond donors (Lipinski definition) is 2. The van der Waals surface area contributed by atoms with E-state index in [1.54, 1.807) is 18.2 Å². The molecule has 0 unspecified atom stereocenters. The molecule has 6 nitrogen and oxygen atoms in total. The second kappa shape index (κ2) is 9.76. The fourth-order valence-electron chi connectivity index (χ4n) is 4.08. The zero-order chi connectivity index (χ0) is 24.4. The Kier molecular flexibility index (Phi) is 6.37. The molecular formula is C27H24FN3O3S. The third-order valence-electron chi connectivity index (χ3n) is 5.91. The molecule has 0 fully saturated rings. The summed E-state index contributed by atoms with van der Waals surface area (Å²) in [7, 11) is 0. The van der Waals surface area contributed by atoms with Crippen molar-refractivity contribution in [2.75, 3.05) is 18.7 Å². The maximum absolute atomic E-state index is 13.3. The van der Waals surface area contributed by atoms with Crippen molar-refractivity contribution in [3.63, 3.8) is 0 Å². The Hall–Kier alpha value is -3.91. The number of fused-ring (bicyclic) bond motifs is 2. The van der Waals surface area contributed by atoms with E-state index in [0.29, 0.717) is 46.5 Å². The smallest absolute Gasteiger partial charge is 0.253 e. The molecule has 3 aromatic carbocycles. The average Bonchev–Trinajstić information content (AvgIpc) is 3.29. The van der Waals surface area contributed by atoms with Crippen LogP contribution in [0.3, 0.4) is 0 Å². The molecule has 8 heteroatoms. The largest absolute Gasteiger partial charge is 0.454 e. The molecule has 35 heavy (non-hydrogen) atoms. The second-order valence-corrected chi connectivity index (χ2v) is 8.90. The lowest BCUT2D eigenvalue weighted by atomic mass is 10.1. The van der Waals surface area contributed by atoms with E-state index in [-0.39, 0.29) is 18.2 Å². The van der Waals surface area contributed by atoms with E-state index < -0.39 is 0 Å². The number of H-pyrrole nitrogens is 1. The van der Waals surface area contributed by atoms with Crippen molar-refractivity contribution in [3.05, 3.63) is 99.6 Å². The van der Waals surface area contributed by atoms with Crippen LogP contribution in [0.15, 0.2) is 71.5 Å². The van der Waals surface area contributed by atoms with Gasteiger partial charge in [-0.2, -0.15) is 0 Å². The molecule has 0 atom stereocenters. The molecule has 4 aromatic rings. The standard InChI is InChI=1S/C27H24FN3O3S/c1-17-3-2-4-18(11-17)9-10-31(27(35)29-22-7-5-21(28)6-8-22)15-20-12-19-13-24-25(34-16-33-24)14-23(19)30-26(20)32/h2-8,11-14H,9-10,15-16H2,1H3,(H,29,35)(H,30,32). The third kappa shape index (κ3) is 5.27. The van der Waals surface area contributed by atoms with Crippen molar-refractivity contribution in [2.45, 2.75) is 19.9 Å². The molecule has 2 heterocycles. The number of thiocarbonyl (C=S) groups is 1. The van der Waals surface area contributed by atoms with Crippen LogP contribution in [0, 0.1) is 12.7 Å². The Morgan fingerprint density at radius 1 is 1.09 bits per heavy atom. The van der Waals surface area contributed by atoms with Gasteiger partial charge in [0.15, 0.2) is 16.6 Å². The number of aromatic amines is 1. The summed E-state index contributed by atoms with van der Waals surface area (Å²) in [5.74, 6) is 0.951. The molecule has 0 radical (unpaired) electrons. The van der Waals surface area contributed by atoms with Gasteiger partial charge >= 0.3 is 0 Å². The molecule has 1 aromatic heterocycles. The van der Waals surface area contributed by atoms with Crippen molar-refractivity contribution < 1.29 is 13.9 Å². The van der Waals surface area contributed by atoms with E-state index >= 15 is 0 Å². The summed E-state index contributed by atoms with van der Waals surface area (Å²) < 4.78 is 24.2. The fourth-order valence-corrected chi connectivity index (χ4v) is 4.36. The molecule has 1 aliphatic rings. The number of pyridine rings is 1. The summed E-state index contributed by atoms with van der Waals surface area (Å²) >= 11 is 5.71. The Morgan fingerprint density at radius 2 is 1.86 bits per heavy atom. The predicted molar refractivity (Wildman–Crippen MR) is 139 cm³/mol. The van der Waals surface area contributed by atoms with Crippen molar-refractivity contribution >= 4 is 33.9 Å². The number of halogens is 1. The van der Waals surface area contributed by atoms with Gasteiger partial charge in [-0.3, -0.25) is 4.79 Å². The van der Waals surface area contributed by atoms with Crippen molar-refractivity contribution in [3.8, 4) is 11.5 Å². The van der Waals surface area contributed by atoms with Crippen LogP contribution in [0.25, 0.3) is 10.9 Å². The van der Waals surface area contributed by atoms with Crippen LogP contribution >= 0.6 is 12.2 Å². The number of nitrogens with one attached hydrogen (secondary N) is 2. The monoisotopic (exact) mass is 489 g/mol. The average molecular weight is 490 g/mol. The maximum atomic E-state index is 13.3. The number of rotatable bonds is 6. The van der Waals surface area contributed by atoms with Gasteiger partial charge in [0, 0.05) is 29.2 Å². The number of hydrogen-bond acceptors (Lipinski definition) is 4. The first-order chi connectivity index (χ1) is 16.9. The van der Waals surface area contributed by atoms with Gasteiger partial charge in [0.1, 0.15) is 5.82 Å². The zero-order valence-electron chi connectivity index (χ0n) is 19.1. The first kappa shape index (κ1) is 22.9. The minimum Gasteiger partial charge on any atom is -0.454 e. The molecule has 0 saturated heterocycles. The molecule has 0 amide bonds. The molecule has 1 aliphatic heterocycles. The molecule has 0 aliphatic carbocycles. The van der Waals surface area contributed by atoms with Gasteiger partial charge in [-0.15, -0.1) is 0 Å². The van der Waals surface area contributed by atoms with Crippen LogP contribution in [0.4, 0.5) is 10.1 Å². The fraction of sp³-hybridized carbons (Fsp3) is 0.185. The summed E-state index contributed by atoms with van der Waals surface area (Å²) in [5.41, 5.74) is 4.11.